The Morgan fingerprint density at radius 3 is 3.00 bits per heavy atom. The highest BCUT2D eigenvalue weighted by Gasteiger charge is 2.41. The summed E-state index contributed by atoms with van der Waals surface area (Å²) >= 11 is 1.95. The van der Waals surface area contributed by atoms with Gasteiger partial charge < -0.3 is 14.8 Å². The average Bonchev–Trinajstić information content (AvgIpc) is 3.17. The van der Waals surface area contributed by atoms with Crippen LogP contribution in [0.3, 0.4) is 0 Å². The van der Waals surface area contributed by atoms with Crippen LogP contribution >= 0.6 is 11.8 Å². The molecular formula is C19H25N3O3S. The zero-order valence-electron chi connectivity index (χ0n) is 15.1. The van der Waals surface area contributed by atoms with Crippen LogP contribution in [0.15, 0.2) is 24.3 Å². The number of nitriles is 1. The summed E-state index contributed by atoms with van der Waals surface area (Å²) in [6.45, 7) is 5.72. The van der Waals surface area contributed by atoms with Gasteiger partial charge in [-0.05, 0) is 37.3 Å². The summed E-state index contributed by atoms with van der Waals surface area (Å²) in [6.07, 6.45) is 0.469. The van der Waals surface area contributed by atoms with Crippen molar-refractivity contribution in [2.24, 2.45) is 0 Å². The second-order valence-electron chi connectivity index (χ2n) is 6.74. The van der Waals surface area contributed by atoms with E-state index in [2.05, 4.69) is 16.3 Å². The molecule has 1 aromatic carbocycles. The summed E-state index contributed by atoms with van der Waals surface area (Å²) in [5, 5.41) is 12.0. The quantitative estimate of drug-likeness (QED) is 0.815. The van der Waals surface area contributed by atoms with E-state index in [-0.39, 0.29) is 11.4 Å². The predicted molar refractivity (Wildman–Crippen MR) is 101 cm³/mol. The lowest BCUT2D eigenvalue weighted by molar-refractivity contribution is -0.128. The molecular weight excluding hydrogens is 350 g/mol. The summed E-state index contributed by atoms with van der Waals surface area (Å²) in [5.74, 6) is 2.57. The molecule has 26 heavy (non-hydrogen) atoms. The third kappa shape index (κ3) is 4.50. The molecule has 2 fully saturated rings. The first-order valence-electron chi connectivity index (χ1n) is 8.98. The maximum Gasteiger partial charge on any atom is 0.260 e. The fraction of sp³-hybridized carbons (Fsp3) is 0.579. The van der Waals surface area contributed by atoms with Gasteiger partial charge in [0, 0.05) is 30.9 Å². The lowest BCUT2D eigenvalue weighted by Gasteiger charge is -2.43. The molecule has 2 aliphatic heterocycles. The maximum atomic E-state index is 12.5. The summed E-state index contributed by atoms with van der Waals surface area (Å²) in [7, 11) is 0. The van der Waals surface area contributed by atoms with Gasteiger partial charge in [-0.15, -0.1) is 0 Å². The number of rotatable bonds is 6. The van der Waals surface area contributed by atoms with E-state index in [1.54, 1.807) is 31.2 Å². The zero-order valence-corrected chi connectivity index (χ0v) is 15.9. The molecule has 6 nitrogen and oxygen atoms in total. The molecule has 1 amide bonds. The van der Waals surface area contributed by atoms with Gasteiger partial charge in [0.15, 0.2) is 6.10 Å². The summed E-state index contributed by atoms with van der Waals surface area (Å²) < 4.78 is 11.2. The van der Waals surface area contributed by atoms with Crippen molar-refractivity contribution in [2.75, 3.05) is 44.4 Å². The van der Waals surface area contributed by atoms with Crippen LogP contribution in [-0.2, 0) is 9.53 Å². The minimum atomic E-state index is -0.611. The molecule has 2 heterocycles. The van der Waals surface area contributed by atoms with Crippen molar-refractivity contribution in [3.05, 3.63) is 29.8 Å². The number of hydrogen-bond acceptors (Lipinski definition) is 6. The monoisotopic (exact) mass is 375 g/mol. The Bertz CT molecular complexity index is 664. The number of benzene rings is 1. The maximum absolute atomic E-state index is 12.5. The van der Waals surface area contributed by atoms with Crippen molar-refractivity contribution in [2.45, 2.75) is 25.0 Å². The minimum absolute atomic E-state index is 0.0184. The molecule has 7 heteroatoms. The van der Waals surface area contributed by atoms with Crippen LogP contribution in [0, 0.1) is 11.3 Å². The van der Waals surface area contributed by atoms with Crippen LogP contribution in [0.25, 0.3) is 0 Å². The van der Waals surface area contributed by atoms with Gasteiger partial charge in [-0.2, -0.15) is 17.0 Å². The van der Waals surface area contributed by atoms with Crippen molar-refractivity contribution in [3.63, 3.8) is 0 Å². The number of amides is 1. The Hall–Kier alpha value is -1.75. The van der Waals surface area contributed by atoms with Gasteiger partial charge in [0.05, 0.1) is 24.8 Å². The topological polar surface area (TPSA) is 74.6 Å². The van der Waals surface area contributed by atoms with Crippen LogP contribution in [0.4, 0.5) is 0 Å². The van der Waals surface area contributed by atoms with Crippen LogP contribution < -0.4 is 10.1 Å². The smallest absolute Gasteiger partial charge is 0.260 e. The Morgan fingerprint density at radius 2 is 2.31 bits per heavy atom. The highest BCUT2D eigenvalue weighted by atomic mass is 32.2. The van der Waals surface area contributed by atoms with Crippen molar-refractivity contribution in [1.82, 2.24) is 10.2 Å². The van der Waals surface area contributed by atoms with Crippen LogP contribution in [0.1, 0.15) is 18.9 Å². The first kappa shape index (κ1) is 19.0. The first-order chi connectivity index (χ1) is 12.6. The van der Waals surface area contributed by atoms with Crippen LogP contribution in [0.2, 0.25) is 0 Å². The van der Waals surface area contributed by atoms with E-state index in [4.69, 9.17) is 14.7 Å². The zero-order chi connectivity index (χ0) is 18.4. The van der Waals surface area contributed by atoms with Gasteiger partial charge in [-0.1, -0.05) is 6.07 Å². The Morgan fingerprint density at radius 1 is 1.50 bits per heavy atom. The number of carbonyl (C=O) groups excluding carboxylic acids is 1. The molecule has 2 aliphatic rings. The molecule has 0 aromatic heterocycles. The summed E-state index contributed by atoms with van der Waals surface area (Å²) in [6, 6.07) is 8.94. The van der Waals surface area contributed by atoms with Crippen molar-refractivity contribution < 1.29 is 14.3 Å². The average molecular weight is 375 g/mol. The molecule has 0 spiro atoms. The van der Waals surface area contributed by atoms with E-state index in [0.29, 0.717) is 17.9 Å². The standard InChI is InChI=1S/C19H25N3O3S/c1-15(25-17-4-2-3-16(11-17)12-20)18(23)21-13-19(5-10-26-14-19)22-6-8-24-9-7-22/h2-4,11,15H,5-10,13-14H2,1H3,(H,21,23)/t15-,19-/m0/s1. The molecule has 0 radical (unpaired) electrons. The highest BCUT2D eigenvalue weighted by molar-refractivity contribution is 7.99. The summed E-state index contributed by atoms with van der Waals surface area (Å²) in [4.78, 5) is 15.0. The van der Waals surface area contributed by atoms with Crippen molar-refractivity contribution >= 4 is 17.7 Å². The molecule has 1 N–H and O–H groups in total. The fourth-order valence-corrected chi connectivity index (χ4v) is 4.90. The molecule has 0 saturated carbocycles. The second kappa shape index (κ2) is 8.76. The Kier molecular flexibility index (Phi) is 6.41. The second-order valence-corrected chi connectivity index (χ2v) is 7.85. The van der Waals surface area contributed by atoms with Gasteiger partial charge >= 0.3 is 0 Å². The van der Waals surface area contributed by atoms with Crippen molar-refractivity contribution in [3.8, 4) is 11.8 Å². The van der Waals surface area contributed by atoms with Crippen LogP contribution in [-0.4, -0.2) is 66.8 Å². The van der Waals surface area contributed by atoms with Gasteiger partial charge in [-0.25, -0.2) is 0 Å². The number of morpholine rings is 1. The van der Waals surface area contributed by atoms with E-state index in [1.807, 2.05) is 11.8 Å². The number of carbonyl (C=O) groups is 1. The van der Waals surface area contributed by atoms with E-state index < -0.39 is 6.10 Å². The number of thioether (sulfide) groups is 1. The number of nitrogens with one attached hydrogen (secondary N) is 1. The van der Waals surface area contributed by atoms with E-state index >= 15 is 0 Å². The molecule has 2 atom stereocenters. The lowest BCUT2D eigenvalue weighted by atomic mass is 9.95. The molecule has 0 aliphatic carbocycles. The molecule has 3 rings (SSSR count). The van der Waals surface area contributed by atoms with Gasteiger partial charge in [0.25, 0.3) is 5.91 Å². The van der Waals surface area contributed by atoms with Crippen molar-refractivity contribution in [1.29, 1.82) is 5.26 Å². The third-order valence-corrected chi connectivity index (χ3v) is 6.24. The summed E-state index contributed by atoms with van der Waals surface area (Å²) in [5.41, 5.74) is 0.536. The molecule has 2 saturated heterocycles. The fourth-order valence-electron chi connectivity index (χ4n) is 3.43. The predicted octanol–water partition coefficient (Wildman–Crippen LogP) is 1.65. The molecule has 0 bridgehead atoms. The van der Waals surface area contributed by atoms with Gasteiger partial charge in [-0.3, -0.25) is 9.69 Å². The Balaban J connectivity index is 1.56. The highest BCUT2D eigenvalue weighted by Crippen LogP contribution is 2.33. The van der Waals surface area contributed by atoms with E-state index in [0.717, 1.165) is 44.2 Å². The molecule has 0 unspecified atom stereocenters. The molecule has 140 valence electrons. The lowest BCUT2D eigenvalue weighted by Crippen LogP contribution is -2.59. The number of hydrogen-bond donors (Lipinski definition) is 1. The van der Waals surface area contributed by atoms with Crippen LogP contribution in [0.5, 0.6) is 5.75 Å². The van der Waals surface area contributed by atoms with Gasteiger partial charge in [0.1, 0.15) is 5.75 Å². The van der Waals surface area contributed by atoms with E-state index in [9.17, 15) is 4.79 Å². The largest absolute Gasteiger partial charge is 0.481 e. The van der Waals surface area contributed by atoms with Gasteiger partial charge in [0.2, 0.25) is 0 Å². The third-order valence-electron chi connectivity index (χ3n) is 5.00. The number of ether oxygens (including phenoxy) is 2. The normalized spacial score (nSPS) is 24.6. The minimum Gasteiger partial charge on any atom is -0.481 e. The van der Waals surface area contributed by atoms with E-state index in [1.165, 1.54) is 0 Å². The molecule has 1 aromatic rings. The first-order valence-corrected chi connectivity index (χ1v) is 10.1. The Labute approximate surface area is 158 Å². The number of nitrogens with zero attached hydrogens (tertiary/aromatic N) is 2. The SMILES string of the molecule is C[C@H](Oc1cccc(C#N)c1)C(=O)NC[C@@]1(N2CCOCC2)CCSC1.